The summed E-state index contributed by atoms with van der Waals surface area (Å²) in [4.78, 5) is 36.5. The van der Waals surface area contributed by atoms with Gasteiger partial charge in [0.15, 0.2) is 0 Å². The molecule has 0 radical (unpaired) electrons. The number of hydrogen-bond donors (Lipinski definition) is 3. The number of rotatable bonds is 17. The summed E-state index contributed by atoms with van der Waals surface area (Å²) in [6, 6.07) is 4.89. The van der Waals surface area contributed by atoms with Crippen molar-refractivity contribution in [3.8, 4) is 0 Å². The van der Waals surface area contributed by atoms with Gasteiger partial charge in [-0.15, -0.1) is 0 Å². The third-order valence-electron chi connectivity index (χ3n) is 5.38. The Morgan fingerprint density at radius 1 is 0.710 bits per heavy atom. The largest absolute Gasteiger partial charge is 0.366 e. The number of hydrogen-bond acceptors (Lipinski definition) is 3. The van der Waals surface area contributed by atoms with Gasteiger partial charge >= 0.3 is 0 Å². The van der Waals surface area contributed by atoms with Gasteiger partial charge in [0.25, 0.3) is 5.91 Å². The van der Waals surface area contributed by atoms with Gasteiger partial charge in [0.1, 0.15) is 0 Å². The van der Waals surface area contributed by atoms with Gasteiger partial charge in [-0.3, -0.25) is 14.4 Å². The molecule has 0 atom stereocenters. The summed E-state index contributed by atoms with van der Waals surface area (Å²) in [5, 5.41) is 5.62. The smallest absolute Gasteiger partial charge is 0.250 e. The maximum absolute atomic E-state index is 12.5. The maximum Gasteiger partial charge on any atom is 0.250 e. The van der Waals surface area contributed by atoms with E-state index in [9.17, 15) is 14.4 Å². The van der Waals surface area contributed by atoms with Crippen molar-refractivity contribution >= 4 is 29.1 Å². The monoisotopic (exact) mass is 431 g/mol. The molecule has 0 aliphatic carbocycles. The molecule has 1 aromatic carbocycles. The second kappa shape index (κ2) is 16.3. The van der Waals surface area contributed by atoms with Gasteiger partial charge in [-0.25, -0.2) is 0 Å². The summed E-state index contributed by atoms with van der Waals surface area (Å²) in [6.45, 7) is 4.30. The zero-order chi connectivity index (χ0) is 22.9. The number of primary amides is 1. The Morgan fingerprint density at radius 2 is 1.19 bits per heavy atom. The van der Waals surface area contributed by atoms with Crippen molar-refractivity contribution in [2.75, 3.05) is 10.6 Å². The van der Waals surface area contributed by atoms with Gasteiger partial charge in [-0.1, -0.05) is 84.1 Å². The fraction of sp³-hybridized carbons (Fsp3) is 0.640. The first-order valence-electron chi connectivity index (χ1n) is 12.0. The molecule has 0 aliphatic heterocycles. The van der Waals surface area contributed by atoms with Crippen LogP contribution < -0.4 is 16.4 Å². The molecule has 6 nitrogen and oxygen atoms in total. The number of unbranched alkanes of at least 4 members (excludes halogenated alkanes) is 10. The first kappa shape index (κ1) is 26.7. The minimum absolute atomic E-state index is 0.135. The highest BCUT2D eigenvalue weighted by molar-refractivity contribution is 6.08. The van der Waals surface area contributed by atoms with E-state index < -0.39 is 5.91 Å². The molecule has 0 saturated heterocycles. The molecule has 31 heavy (non-hydrogen) atoms. The Labute approximate surface area is 187 Å². The van der Waals surface area contributed by atoms with Crippen LogP contribution >= 0.6 is 0 Å². The summed E-state index contributed by atoms with van der Waals surface area (Å²) in [5.74, 6) is -0.942. The minimum Gasteiger partial charge on any atom is -0.366 e. The molecule has 0 saturated carbocycles. The zero-order valence-corrected chi connectivity index (χ0v) is 19.4. The number of carbonyl (C=O) groups excluding carboxylic acids is 3. The van der Waals surface area contributed by atoms with Gasteiger partial charge in [0.2, 0.25) is 11.8 Å². The van der Waals surface area contributed by atoms with Crippen molar-refractivity contribution in [3.63, 3.8) is 0 Å². The number of anilines is 2. The first-order valence-corrected chi connectivity index (χ1v) is 12.0. The lowest BCUT2D eigenvalue weighted by molar-refractivity contribution is -0.117. The lowest BCUT2D eigenvalue weighted by Crippen LogP contribution is -2.21. The number of para-hydroxylation sites is 1. The highest BCUT2D eigenvalue weighted by Crippen LogP contribution is 2.27. The normalized spacial score (nSPS) is 10.6. The van der Waals surface area contributed by atoms with E-state index in [1.54, 1.807) is 18.2 Å². The van der Waals surface area contributed by atoms with Crippen LogP contribution in [0.25, 0.3) is 0 Å². The highest BCUT2D eigenvalue weighted by atomic mass is 16.2. The molecule has 1 rings (SSSR count). The van der Waals surface area contributed by atoms with E-state index in [2.05, 4.69) is 24.5 Å². The Balaban J connectivity index is 2.54. The maximum atomic E-state index is 12.5. The van der Waals surface area contributed by atoms with Gasteiger partial charge in [-0.2, -0.15) is 0 Å². The van der Waals surface area contributed by atoms with E-state index in [4.69, 9.17) is 5.73 Å². The molecule has 174 valence electrons. The minimum atomic E-state index is -0.638. The number of amides is 3. The molecule has 4 N–H and O–H groups in total. The van der Waals surface area contributed by atoms with Crippen LogP contribution in [0.15, 0.2) is 18.2 Å². The molecule has 0 unspecified atom stereocenters. The van der Waals surface area contributed by atoms with E-state index in [0.717, 1.165) is 38.5 Å². The van der Waals surface area contributed by atoms with E-state index in [1.165, 1.54) is 38.5 Å². The molecular formula is C25H41N3O3. The second-order valence-electron chi connectivity index (χ2n) is 8.22. The van der Waals surface area contributed by atoms with Gasteiger partial charge in [0.05, 0.1) is 16.9 Å². The topological polar surface area (TPSA) is 101 Å². The number of nitrogens with one attached hydrogen (secondary N) is 2. The van der Waals surface area contributed by atoms with Crippen LogP contribution in [-0.4, -0.2) is 17.7 Å². The van der Waals surface area contributed by atoms with Crippen molar-refractivity contribution < 1.29 is 14.4 Å². The standard InChI is InChI=1S/C25H41N3O3/c1-3-5-7-8-9-10-11-12-14-19-23(30)28-24-20(25(26)31)16-15-17-21(24)27-22(29)18-13-6-4-2/h15-17H,3-14,18-19H2,1-2H3,(H2,26,31)(H,27,29)(H,28,30). The lowest BCUT2D eigenvalue weighted by atomic mass is 10.1. The Bertz CT molecular complexity index is 689. The fourth-order valence-electron chi connectivity index (χ4n) is 3.54. The van der Waals surface area contributed by atoms with E-state index in [-0.39, 0.29) is 17.4 Å². The number of carbonyl (C=O) groups is 3. The fourth-order valence-corrected chi connectivity index (χ4v) is 3.54. The van der Waals surface area contributed by atoms with Crippen molar-refractivity contribution in [1.29, 1.82) is 0 Å². The summed E-state index contributed by atoms with van der Waals surface area (Å²) < 4.78 is 0. The van der Waals surface area contributed by atoms with E-state index in [0.29, 0.717) is 24.2 Å². The number of nitrogens with two attached hydrogens (primary N) is 1. The van der Waals surface area contributed by atoms with Crippen LogP contribution in [0, 0.1) is 0 Å². The van der Waals surface area contributed by atoms with E-state index in [1.807, 2.05) is 0 Å². The predicted molar refractivity (Wildman–Crippen MR) is 128 cm³/mol. The summed E-state index contributed by atoms with van der Waals surface area (Å²) in [7, 11) is 0. The average molecular weight is 432 g/mol. The predicted octanol–water partition coefficient (Wildman–Crippen LogP) is 6.16. The molecule has 0 aliphatic rings. The summed E-state index contributed by atoms with van der Waals surface area (Å²) >= 11 is 0. The average Bonchev–Trinajstić information content (AvgIpc) is 2.73. The zero-order valence-electron chi connectivity index (χ0n) is 19.4. The van der Waals surface area contributed by atoms with Crippen LogP contribution in [0.1, 0.15) is 114 Å². The Morgan fingerprint density at radius 3 is 1.77 bits per heavy atom. The van der Waals surface area contributed by atoms with Crippen LogP contribution in [0.3, 0.4) is 0 Å². The lowest BCUT2D eigenvalue weighted by Gasteiger charge is -2.15. The molecule has 0 bridgehead atoms. The molecule has 1 aromatic rings. The molecular weight excluding hydrogens is 390 g/mol. The van der Waals surface area contributed by atoms with Gasteiger partial charge < -0.3 is 16.4 Å². The quantitative estimate of drug-likeness (QED) is 0.257. The highest BCUT2D eigenvalue weighted by Gasteiger charge is 2.16. The van der Waals surface area contributed by atoms with Crippen molar-refractivity contribution in [2.45, 2.75) is 104 Å². The SMILES string of the molecule is CCCCCCCCCCCC(=O)Nc1c(NC(=O)CCCCC)cccc1C(N)=O. The Kier molecular flexibility index (Phi) is 14.1. The van der Waals surface area contributed by atoms with Crippen LogP contribution in [0.4, 0.5) is 11.4 Å². The van der Waals surface area contributed by atoms with Gasteiger partial charge in [-0.05, 0) is 25.0 Å². The van der Waals surface area contributed by atoms with Crippen molar-refractivity contribution in [2.24, 2.45) is 5.73 Å². The molecule has 0 heterocycles. The van der Waals surface area contributed by atoms with Crippen LogP contribution in [-0.2, 0) is 9.59 Å². The number of benzene rings is 1. The van der Waals surface area contributed by atoms with E-state index >= 15 is 0 Å². The summed E-state index contributed by atoms with van der Waals surface area (Å²) in [6.07, 6.45) is 14.2. The molecule has 6 heteroatoms. The first-order chi connectivity index (χ1) is 15.0. The second-order valence-corrected chi connectivity index (χ2v) is 8.22. The third kappa shape index (κ3) is 11.6. The third-order valence-corrected chi connectivity index (χ3v) is 5.38. The van der Waals surface area contributed by atoms with Gasteiger partial charge in [0, 0.05) is 12.8 Å². The summed E-state index contributed by atoms with van der Waals surface area (Å²) in [5.41, 5.74) is 6.39. The van der Waals surface area contributed by atoms with Crippen LogP contribution in [0.2, 0.25) is 0 Å². The molecule has 0 spiro atoms. The molecule has 0 aromatic heterocycles. The van der Waals surface area contributed by atoms with Crippen LogP contribution in [0.5, 0.6) is 0 Å². The Hall–Kier alpha value is -2.37. The molecule has 0 fully saturated rings. The van der Waals surface area contributed by atoms with Crippen molar-refractivity contribution in [1.82, 2.24) is 0 Å². The molecule has 3 amide bonds. The van der Waals surface area contributed by atoms with Crippen molar-refractivity contribution in [3.05, 3.63) is 23.8 Å².